The minimum Gasteiger partial charge on any atom is -0.395 e. The molecule has 0 saturated heterocycles. The highest BCUT2D eigenvalue weighted by atomic mass is 19.4. The summed E-state index contributed by atoms with van der Waals surface area (Å²) in [6.07, 6.45) is -4.61. The van der Waals surface area contributed by atoms with Gasteiger partial charge in [0.2, 0.25) is 0 Å². The molecule has 0 aliphatic heterocycles. The number of hydrogen-bond donors (Lipinski definition) is 2. The van der Waals surface area contributed by atoms with Gasteiger partial charge in [-0.1, -0.05) is 0 Å². The Hall–Kier alpha value is -0.330. The summed E-state index contributed by atoms with van der Waals surface area (Å²) in [4.78, 5) is 0. The van der Waals surface area contributed by atoms with Crippen molar-refractivity contribution in [2.24, 2.45) is 5.73 Å². The maximum absolute atomic E-state index is 11.3. The highest BCUT2D eigenvalue weighted by Crippen LogP contribution is 2.16. The van der Waals surface area contributed by atoms with E-state index in [0.717, 1.165) is 0 Å². The third-order valence-corrected chi connectivity index (χ3v) is 0.989. The normalized spacial score (nSPS) is 15.0. The van der Waals surface area contributed by atoms with Crippen molar-refractivity contribution in [3.05, 3.63) is 0 Å². The lowest BCUT2D eigenvalue weighted by atomic mass is 10.2. The summed E-state index contributed by atoms with van der Waals surface area (Å²) in [6.45, 7) is -0.841. The molecular weight excluding hydrogens is 163 g/mol. The Morgan fingerprint density at radius 3 is 2.36 bits per heavy atom. The van der Waals surface area contributed by atoms with E-state index in [2.05, 4.69) is 4.74 Å². The molecule has 0 heterocycles. The number of alkyl halides is 3. The lowest BCUT2D eigenvalue weighted by Crippen LogP contribution is -2.27. The summed E-state index contributed by atoms with van der Waals surface area (Å²) in [5.41, 5.74) is 5.10. The number of halogens is 3. The molecule has 0 fully saturated rings. The van der Waals surface area contributed by atoms with Gasteiger partial charge in [-0.05, 0) is 6.42 Å². The van der Waals surface area contributed by atoms with Gasteiger partial charge in [0.15, 0.2) is 0 Å². The molecule has 0 spiro atoms. The van der Waals surface area contributed by atoms with Gasteiger partial charge < -0.3 is 10.8 Å². The van der Waals surface area contributed by atoms with Gasteiger partial charge in [-0.3, -0.25) is 4.74 Å². The Labute approximate surface area is 61.9 Å². The lowest BCUT2D eigenvalue weighted by molar-refractivity contribution is -0.325. The van der Waals surface area contributed by atoms with Crippen LogP contribution >= 0.6 is 0 Å². The Morgan fingerprint density at radius 1 is 1.45 bits per heavy atom. The summed E-state index contributed by atoms with van der Waals surface area (Å²) in [5.74, 6) is 0. The fourth-order valence-corrected chi connectivity index (χ4v) is 0.417. The second-order valence-electron chi connectivity index (χ2n) is 2.03. The largest absolute Gasteiger partial charge is 0.522 e. The topological polar surface area (TPSA) is 55.5 Å². The van der Waals surface area contributed by atoms with Gasteiger partial charge in [0.25, 0.3) is 0 Å². The minimum atomic E-state index is -4.60. The van der Waals surface area contributed by atoms with Crippen LogP contribution in [-0.4, -0.2) is 30.7 Å². The number of ether oxygens (including phenoxy) is 1. The van der Waals surface area contributed by atoms with Gasteiger partial charge in [0.05, 0.1) is 13.2 Å². The standard InChI is InChI=1S/C5H10F3NO2/c6-5(7,8)11-2-1-4(9)3-10/h4,10H,1-3,9H2. The first-order chi connectivity index (χ1) is 4.95. The van der Waals surface area contributed by atoms with E-state index >= 15 is 0 Å². The maximum atomic E-state index is 11.3. The molecule has 0 aromatic heterocycles. The van der Waals surface area contributed by atoms with Crippen LogP contribution in [0.5, 0.6) is 0 Å². The Balaban J connectivity index is 3.28. The van der Waals surface area contributed by atoms with Crippen LogP contribution in [0.4, 0.5) is 13.2 Å². The van der Waals surface area contributed by atoms with E-state index in [4.69, 9.17) is 10.8 Å². The van der Waals surface area contributed by atoms with E-state index in [0.29, 0.717) is 0 Å². The lowest BCUT2D eigenvalue weighted by Gasteiger charge is -2.09. The molecule has 68 valence electrons. The zero-order valence-corrected chi connectivity index (χ0v) is 5.77. The van der Waals surface area contributed by atoms with Crippen LogP contribution in [0.25, 0.3) is 0 Å². The molecule has 3 N–H and O–H groups in total. The Kier molecular flexibility index (Phi) is 4.39. The zero-order valence-electron chi connectivity index (χ0n) is 5.77. The van der Waals surface area contributed by atoms with Gasteiger partial charge in [-0.25, -0.2) is 0 Å². The third-order valence-electron chi connectivity index (χ3n) is 0.989. The highest BCUT2D eigenvalue weighted by molar-refractivity contribution is 4.56. The third kappa shape index (κ3) is 7.57. The molecule has 0 aliphatic rings. The van der Waals surface area contributed by atoms with Crippen LogP contribution in [0.1, 0.15) is 6.42 Å². The summed E-state index contributed by atoms with van der Waals surface area (Å²) < 4.78 is 37.3. The maximum Gasteiger partial charge on any atom is 0.522 e. The molecule has 0 aromatic carbocycles. The number of hydrogen-bond acceptors (Lipinski definition) is 3. The van der Waals surface area contributed by atoms with E-state index in [1.54, 1.807) is 0 Å². The van der Waals surface area contributed by atoms with Crippen LogP contribution in [-0.2, 0) is 4.74 Å². The van der Waals surface area contributed by atoms with Crippen molar-refractivity contribution in [3.8, 4) is 0 Å². The number of aliphatic hydroxyl groups is 1. The number of rotatable bonds is 4. The molecule has 0 aromatic rings. The fraction of sp³-hybridized carbons (Fsp3) is 1.00. The summed E-state index contributed by atoms with van der Waals surface area (Å²) in [6, 6.07) is -0.641. The van der Waals surface area contributed by atoms with Crippen LogP contribution in [0.2, 0.25) is 0 Å². The predicted molar refractivity (Wildman–Crippen MR) is 31.7 cm³/mol. The SMILES string of the molecule is NC(CO)CCOC(F)(F)F. The molecular formula is C5H10F3NO2. The quantitative estimate of drug-likeness (QED) is 0.640. The molecule has 0 saturated carbocycles. The van der Waals surface area contributed by atoms with Crippen molar-refractivity contribution in [1.29, 1.82) is 0 Å². The zero-order chi connectivity index (χ0) is 8.91. The van der Waals surface area contributed by atoms with Crippen molar-refractivity contribution < 1.29 is 23.0 Å². The summed E-state index contributed by atoms with van der Waals surface area (Å²) in [7, 11) is 0. The van der Waals surface area contributed by atoms with Gasteiger partial charge in [-0.15, -0.1) is 13.2 Å². The highest BCUT2D eigenvalue weighted by Gasteiger charge is 2.28. The molecule has 1 atom stereocenters. The van der Waals surface area contributed by atoms with Crippen LogP contribution in [0, 0.1) is 0 Å². The monoisotopic (exact) mass is 173 g/mol. The van der Waals surface area contributed by atoms with Gasteiger partial charge in [0.1, 0.15) is 0 Å². The number of nitrogens with two attached hydrogens (primary N) is 1. The molecule has 0 rings (SSSR count). The van der Waals surface area contributed by atoms with Crippen molar-refractivity contribution in [1.82, 2.24) is 0 Å². The van der Waals surface area contributed by atoms with Crippen LogP contribution < -0.4 is 5.73 Å². The molecule has 1 unspecified atom stereocenters. The van der Waals surface area contributed by atoms with Gasteiger partial charge >= 0.3 is 6.36 Å². The van der Waals surface area contributed by atoms with Gasteiger partial charge in [-0.2, -0.15) is 0 Å². The molecule has 11 heavy (non-hydrogen) atoms. The Bertz CT molecular complexity index is 106. The van der Waals surface area contributed by atoms with Crippen molar-refractivity contribution >= 4 is 0 Å². The van der Waals surface area contributed by atoms with E-state index < -0.39 is 19.0 Å². The molecule has 0 aliphatic carbocycles. The van der Waals surface area contributed by atoms with Gasteiger partial charge in [0, 0.05) is 6.04 Å². The molecule has 6 heteroatoms. The molecule has 0 radical (unpaired) electrons. The predicted octanol–water partition coefficient (Wildman–Crippen LogP) is 0.233. The smallest absolute Gasteiger partial charge is 0.395 e. The van der Waals surface area contributed by atoms with Crippen LogP contribution in [0.3, 0.4) is 0 Å². The molecule has 3 nitrogen and oxygen atoms in total. The second-order valence-corrected chi connectivity index (χ2v) is 2.03. The van der Waals surface area contributed by atoms with Crippen LogP contribution in [0.15, 0.2) is 0 Å². The van der Waals surface area contributed by atoms with E-state index in [1.807, 2.05) is 0 Å². The molecule has 0 bridgehead atoms. The number of aliphatic hydroxyl groups excluding tert-OH is 1. The van der Waals surface area contributed by atoms with Crippen molar-refractivity contribution in [2.75, 3.05) is 13.2 Å². The average Bonchev–Trinajstić information content (AvgIpc) is 1.85. The second kappa shape index (κ2) is 4.53. The van der Waals surface area contributed by atoms with Crippen molar-refractivity contribution in [2.45, 2.75) is 18.8 Å². The summed E-state index contributed by atoms with van der Waals surface area (Å²) >= 11 is 0. The fourth-order valence-electron chi connectivity index (χ4n) is 0.417. The summed E-state index contributed by atoms with van der Waals surface area (Å²) in [5, 5.41) is 8.30. The van der Waals surface area contributed by atoms with Crippen molar-refractivity contribution in [3.63, 3.8) is 0 Å². The minimum absolute atomic E-state index is 0.00396. The van der Waals surface area contributed by atoms with E-state index in [1.165, 1.54) is 0 Å². The first-order valence-corrected chi connectivity index (χ1v) is 3.03. The first kappa shape index (κ1) is 10.7. The first-order valence-electron chi connectivity index (χ1n) is 3.03. The Morgan fingerprint density at radius 2 is 2.00 bits per heavy atom. The molecule has 0 amide bonds. The van der Waals surface area contributed by atoms with E-state index in [9.17, 15) is 13.2 Å². The van der Waals surface area contributed by atoms with E-state index in [-0.39, 0.29) is 13.0 Å². The average molecular weight is 173 g/mol.